The highest BCUT2D eigenvalue weighted by Crippen LogP contribution is 2.59. The van der Waals surface area contributed by atoms with E-state index in [1.807, 2.05) is 30.3 Å². The molecular weight excluding hydrogens is 386 g/mol. The van der Waals surface area contributed by atoms with Gasteiger partial charge >= 0.3 is 0 Å². The van der Waals surface area contributed by atoms with Crippen molar-refractivity contribution in [3.05, 3.63) is 63.7 Å². The molecular formula is C22H23N3O5. The lowest BCUT2D eigenvalue weighted by molar-refractivity contribution is -0.534. The molecule has 8 nitrogen and oxygen atoms in total. The van der Waals surface area contributed by atoms with Crippen LogP contribution in [0.15, 0.2) is 42.5 Å². The molecule has 4 atom stereocenters. The minimum Gasteiger partial charge on any atom is -0.497 e. The van der Waals surface area contributed by atoms with Gasteiger partial charge in [0.1, 0.15) is 11.5 Å². The standard InChI is InChI=1S/C22H23N3O5/c1-29-13-9-10-18(30-2)14(12-13)19-17-8-5-11-24(17)22(20(19)25(27)28)15-6-3-4-7-16(15)23-21(22)26/h3-4,6-7,9-10,12,17,19-20H,5,8,11H2,1-2H3,(H,23,26)/t17-,19+,20-,22-/m0/s1. The summed E-state index contributed by atoms with van der Waals surface area (Å²) in [5.41, 5.74) is 0.718. The largest absolute Gasteiger partial charge is 0.497 e. The van der Waals surface area contributed by atoms with Gasteiger partial charge in [0, 0.05) is 34.3 Å². The third-order valence-corrected chi connectivity index (χ3v) is 6.89. The summed E-state index contributed by atoms with van der Waals surface area (Å²) in [7, 11) is 3.12. The van der Waals surface area contributed by atoms with Crippen LogP contribution in [0.25, 0.3) is 0 Å². The Labute approximate surface area is 173 Å². The predicted octanol–water partition coefficient (Wildman–Crippen LogP) is 2.76. The summed E-state index contributed by atoms with van der Waals surface area (Å²) in [4.78, 5) is 27.9. The molecule has 1 amide bonds. The number of carbonyl (C=O) groups is 1. The van der Waals surface area contributed by atoms with Crippen LogP contribution in [-0.2, 0) is 10.3 Å². The highest BCUT2D eigenvalue weighted by atomic mass is 16.6. The first-order valence-electron chi connectivity index (χ1n) is 10.1. The van der Waals surface area contributed by atoms with Crippen LogP contribution in [0.1, 0.15) is 29.9 Å². The van der Waals surface area contributed by atoms with Crippen LogP contribution in [0.4, 0.5) is 5.69 Å². The monoisotopic (exact) mass is 409 g/mol. The van der Waals surface area contributed by atoms with Gasteiger partial charge in [-0.25, -0.2) is 0 Å². The highest BCUT2D eigenvalue weighted by Gasteiger charge is 2.73. The van der Waals surface area contributed by atoms with Crippen molar-refractivity contribution in [3.8, 4) is 11.5 Å². The quantitative estimate of drug-likeness (QED) is 0.617. The van der Waals surface area contributed by atoms with Gasteiger partial charge in [0.25, 0.3) is 11.9 Å². The number of methoxy groups -OCH3 is 2. The molecule has 0 radical (unpaired) electrons. The number of ether oxygens (including phenoxy) is 2. The minimum atomic E-state index is -1.33. The third-order valence-electron chi connectivity index (χ3n) is 6.89. The number of fused-ring (bicyclic) bond motifs is 4. The van der Waals surface area contributed by atoms with Crippen molar-refractivity contribution in [1.82, 2.24) is 4.90 Å². The number of nitro groups is 1. The van der Waals surface area contributed by atoms with Crippen molar-refractivity contribution in [3.63, 3.8) is 0 Å². The molecule has 0 saturated carbocycles. The number of rotatable bonds is 4. The maximum Gasteiger partial charge on any atom is 0.256 e. The summed E-state index contributed by atoms with van der Waals surface area (Å²) < 4.78 is 11.0. The third kappa shape index (κ3) is 2.28. The number of anilines is 1. The van der Waals surface area contributed by atoms with Crippen LogP contribution < -0.4 is 14.8 Å². The summed E-state index contributed by atoms with van der Waals surface area (Å²) in [6, 6.07) is 11.4. The van der Waals surface area contributed by atoms with Crippen molar-refractivity contribution in [2.24, 2.45) is 0 Å². The number of carbonyl (C=O) groups excluding carboxylic acids is 1. The first kappa shape index (κ1) is 18.9. The topological polar surface area (TPSA) is 93.9 Å². The van der Waals surface area contributed by atoms with Crippen molar-refractivity contribution in [2.75, 3.05) is 26.1 Å². The van der Waals surface area contributed by atoms with Crippen LogP contribution in [0, 0.1) is 10.1 Å². The summed E-state index contributed by atoms with van der Waals surface area (Å²) in [6.07, 6.45) is 1.67. The number of nitrogens with zero attached hydrogens (tertiary/aromatic N) is 2. The van der Waals surface area contributed by atoms with E-state index in [1.54, 1.807) is 26.4 Å². The van der Waals surface area contributed by atoms with Gasteiger partial charge in [0.15, 0.2) is 5.54 Å². The lowest BCUT2D eigenvalue weighted by Crippen LogP contribution is -2.55. The maximum atomic E-state index is 13.5. The van der Waals surface area contributed by atoms with Gasteiger partial charge < -0.3 is 14.8 Å². The number of amides is 1. The molecule has 0 aliphatic carbocycles. The second-order valence-corrected chi connectivity index (χ2v) is 8.03. The lowest BCUT2D eigenvalue weighted by Gasteiger charge is -2.32. The van der Waals surface area contributed by atoms with Gasteiger partial charge in [-0.1, -0.05) is 18.2 Å². The van der Waals surface area contributed by atoms with Crippen molar-refractivity contribution in [2.45, 2.75) is 36.4 Å². The van der Waals surface area contributed by atoms with Crippen LogP contribution in [-0.4, -0.2) is 48.6 Å². The summed E-state index contributed by atoms with van der Waals surface area (Å²) >= 11 is 0. The zero-order valence-corrected chi connectivity index (χ0v) is 16.8. The van der Waals surface area contributed by atoms with E-state index < -0.39 is 17.5 Å². The SMILES string of the molecule is COc1ccc(OC)c([C@H]2[C@H]([N+](=O)[O-])[C@@]3(C(=O)Nc4ccccc43)N3CCC[C@@H]23)c1. The summed E-state index contributed by atoms with van der Waals surface area (Å²) in [5.74, 6) is 0.351. The molecule has 3 aliphatic heterocycles. The first-order chi connectivity index (χ1) is 14.5. The van der Waals surface area contributed by atoms with Gasteiger partial charge in [-0.05, 0) is 37.1 Å². The normalized spacial score (nSPS) is 29.5. The van der Waals surface area contributed by atoms with Gasteiger partial charge in [-0.15, -0.1) is 0 Å². The average molecular weight is 409 g/mol. The zero-order chi connectivity index (χ0) is 21.0. The molecule has 5 rings (SSSR count). The molecule has 0 unspecified atom stereocenters. The fourth-order valence-corrected chi connectivity index (χ4v) is 5.85. The second kappa shape index (κ2) is 6.70. The fourth-order valence-electron chi connectivity index (χ4n) is 5.85. The van der Waals surface area contributed by atoms with Gasteiger partial charge in [0.2, 0.25) is 0 Å². The summed E-state index contributed by atoms with van der Waals surface area (Å²) in [6.45, 7) is 0.638. The van der Waals surface area contributed by atoms with E-state index >= 15 is 0 Å². The van der Waals surface area contributed by atoms with E-state index in [9.17, 15) is 14.9 Å². The molecule has 2 fully saturated rings. The maximum absolute atomic E-state index is 13.5. The molecule has 3 aliphatic rings. The molecule has 0 bridgehead atoms. The Balaban J connectivity index is 1.77. The molecule has 1 spiro atoms. The zero-order valence-electron chi connectivity index (χ0n) is 16.8. The number of para-hydroxylation sites is 1. The second-order valence-electron chi connectivity index (χ2n) is 8.03. The molecule has 2 aromatic carbocycles. The average Bonchev–Trinajstić information content (AvgIpc) is 3.41. The van der Waals surface area contributed by atoms with Gasteiger partial charge in [-0.3, -0.25) is 19.8 Å². The predicted molar refractivity (Wildman–Crippen MR) is 110 cm³/mol. The van der Waals surface area contributed by atoms with Gasteiger partial charge in [0.05, 0.1) is 20.1 Å². The van der Waals surface area contributed by atoms with Crippen LogP contribution in [0.2, 0.25) is 0 Å². The smallest absolute Gasteiger partial charge is 0.256 e. The Morgan fingerprint density at radius 3 is 2.73 bits per heavy atom. The Hall–Kier alpha value is -3.13. The van der Waals surface area contributed by atoms with Crippen LogP contribution in [0.5, 0.6) is 11.5 Å². The number of hydrogen-bond donors (Lipinski definition) is 1. The highest BCUT2D eigenvalue weighted by molar-refractivity contribution is 6.07. The summed E-state index contributed by atoms with van der Waals surface area (Å²) in [5, 5.41) is 15.5. The van der Waals surface area contributed by atoms with E-state index in [2.05, 4.69) is 10.2 Å². The molecule has 2 saturated heterocycles. The molecule has 0 aromatic heterocycles. The van der Waals surface area contributed by atoms with Crippen LogP contribution >= 0.6 is 0 Å². The molecule has 30 heavy (non-hydrogen) atoms. The van der Waals surface area contributed by atoms with Crippen LogP contribution in [0.3, 0.4) is 0 Å². The Morgan fingerprint density at radius 1 is 1.20 bits per heavy atom. The van der Waals surface area contributed by atoms with E-state index in [0.29, 0.717) is 34.9 Å². The van der Waals surface area contributed by atoms with E-state index in [1.165, 1.54) is 0 Å². The Bertz CT molecular complexity index is 1040. The van der Waals surface area contributed by atoms with Gasteiger partial charge in [-0.2, -0.15) is 0 Å². The fraction of sp³-hybridized carbons (Fsp3) is 0.409. The molecule has 1 N–H and O–H groups in total. The van der Waals surface area contributed by atoms with E-state index in [0.717, 1.165) is 12.8 Å². The minimum absolute atomic E-state index is 0.140. The number of benzene rings is 2. The molecule has 8 heteroatoms. The Kier molecular flexibility index (Phi) is 4.21. The first-order valence-corrected chi connectivity index (χ1v) is 10.1. The van der Waals surface area contributed by atoms with E-state index in [4.69, 9.17) is 9.47 Å². The Morgan fingerprint density at radius 2 is 2.00 bits per heavy atom. The van der Waals surface area contributed by atoms with Crippen molar-refractivity contribution >= 4 is 11.6 Å². The molecule has 2 aromatic rings. The molecule has 156 valence electrons. The van der Waals surface area contributed by atoms with Crippen molar-refractivity contribution < 1.29 is 19.2 Å². The van der Waals surface area contributed by atoms with Crippen molar-refractivity contribution in [1.29, 1.82) is 0 Å². The number of hydrogen-bond acceptors (Lipinski definition) is 6. The van der Waals surface area contributed by atoms with E-state index in [-0.39, 0.29) is 16.9 Å². The number of nitrogens with one attached hydrogen (secondary N) is 1. The lowest BCUT2D eigenvalue weighted by atomic mass is 9.77. The molecule has 3 heterocycles.